The average molecular weight is 271 g/mol. The van der Waals surface area contributed by atoms with Crippen molar-refractivity contribution in [3.8, 4) is 0 Å². The van der Waals surface area contributed by atoms with Crippen LogP contribution in [0.25, 0.3) is 0 Å². The molecule has 90 valence electrons. The minimum absolute atomic E-state index is 0.282. The van der Waals surface area contributed by atoms with Gasteiger partial charge >= 0.3 is 0 Å². The lowest BCUT2D eigenvalue weighted by Gasteiger charge is -2.10. The van der Waals surface area contributed by atoms with E-state index in [0.29, 0.717) is 17.0 Å². The Bertz CT molecular complexity index is 484. The van der Waals surface area contributed by atoms with Gasteiger partial charge in [-0.05, 0) is 35.2 Å². The summed E-state index contributed by atoms with van der Waals surface area (Å²) >= 11 is 7.39. The van der Waals surface area contributed by atoms with E-state index in [2.05, 4.69) is 0 Å². The van der Waals surface area contributed by atoms with E-state index in [1.54, 1.807) is 17.4 Å². The van der Waals surface area contributed by atoms with E-state index in [9.17, 15) is 9.50 Å². The Morgan fingerprint density at radius 2 is 2.12 bits per heavy atom. The van der Waals surface area contributed by atoms with Crippen LogP contribution in [0.4, 0.5) is 4.39 Å². The summed E-state index contributed by atoms with van der Waals surface area (Å²) in [5.74, 6) is -0.320. The first-order valence-corrected chi connectivity index (χ1v) is 6.55. The van der Waals surface area contributed by atoms with E-state index in [1.807, 2.05) is 17.5 Å². The van der Waals surface area contributed by atoms with Crippen molar-refractivity contribution in [2.24, 2.45) is 0 Å². The quantitative estimate of drug-likeness (QED) is 0.898. The Morgan fingerprint density at radius 3 is 2.82 bits per heavy atom. The fourth-order valence-corrected chi connectivity index (χ4v) is 2.66. The molecule has 0 aliphatic carbocycles. The molecule has 0 spiro atoms. The van der Waals surface area contributed by atoms with Crippen LogP contribution in [0.2, 0.25) is 5.02 Å². The van der Waals surface area contributed by atoms with Gasteiger partial charge in [-0.25, -0.2) is 4.39 Å². The van der Waals surface area contributed by atoms with Gasteiger partial charge in [0.1, 0.15) is 5.82 Å². The van der Waals surface area contributed by atoms with Gasteiger partial charge in [-0.2, -0.15) is 0 Å². The van der Waals surface area contributed by atoms with Crippen LogP contribution in [0.3, 0.4) is 0 Å². The molecule has 0 aliphatic rings. The molecule has 0 saturated carbocycles. The van der Waals surface area contributed by atoms with E-state index in [0.717, 1.165) is 4.88 Å². The van der Waals surface area contributed by atoms with Crippen LogP contribution in [0.1, 0.15) is 10.4 Å². The second-order valence-corrected chi connectivity index (χ2v) is 5.35. The first-order chi connectivity index (χ1) is 8.15. The lowest BCUT2D eigenvalue weighted by atomic mass is 10.0. The third-order valence-corrected chi connectivity index (χ3v) is 3.61. The maximum Gasteiger partial charge on any atom is 0.126 e. The molecule has 0 amide bonds. The molecule has 1 atom stereocenters. The molecule has 1 heterocycles. The number of rotatable bonds is 4. The predicted octanol–water partition coefficient (Wildman–Crippen LogP) is 3.69. The number of aliphatic hydroxyl groups excluding tert-OH is 1. The average Bonchev–Trinajstić information content (AvgIpc) is 2.76. The molecule has 1 aromatic heterocycles. The van der Waals surface area contributed by atoms with Gasteiger partial charge in [-0.3, -0.25) is 0 Å². The zero-order valence-electron chi connectivity index (χ0n) is 9.07. The highest BCUT2D eigenvalue weighted by Crippen LogP contribution is 2.18. The first kappa shape index (κ1) is 12.6. The van der Waals surface area contributed by atoms with Crippen LogP contribution in [0.15, 0.2) is 35.7 Å². The van der Waals surface area contributed by atoms with E-state index in [4.69, 9.17) is 11.6 Å². The number of hydrogen-bond donors (Lipinski definition) is 1. The molecule has 1 N–H and O–H groups in total. The second kappa shape index (κ2) is 5.63. The van der Waals surface area contributed by atoms with Crippen LogP contribution in [0, 0.1) is 5.82 Å². The maximum atomic E-state index is 13.4. The fraction of sp³-hybridized carbons (Fsp3) is 0.231. The van der Waals surface area contributed by atoms with Gasteiger partial charge in [-0.15, -0.1) is 11.3 Å². The number of aliphatic hydroxyl groups is 1. The summed E-state index contributed by atoms with van der Waals surface area (Å²) in [5.41, 5.74) is 0.460. The van der Waals surface area contributed by atoms with Crippen molar-refractivity contribution < 1.29 is 9.50 Å². The van der Waals surface area contributed by atoms with Gasteiger partial charge in [0.15, 0.2) is 0 Å². The van der Waals surface area contributed by atoms with Crippen molar-refractivity contribution in [1.82, 2.24) is 0 Å². The number of thiophene rings is 1. The third-order valence-electron chi connectivity index (χ3n) is 2.48. The van der Waals surface area contributed by atoms with Crippen LogP contribution in [-0.4, -0.2) is 11.2 Å². The van der Waals surface area contributed by atoms with Crippen LogP contribution < -0.4 is 0 Å². The summed E-state index contributed by atoms with van der Waals surface area (Å²) in [4.78, 5) is 1.10. The minimum atomic E-state index is -0.582. The minimum Gasteiger partial charge on any atom is -0.392 e. The molecule has 1 nitrogen and oxygen atoms in total. The van der Waals surface area contributed by atoms with E-state index < -0.39 is 6.10 Å². The summed E-state index contributed by atoms with van der Waals surface area (Å²) in [6.07, 6.45) is 0.245. The van der Waals surface area contributed by atoms with Crippen molar-refractivity contribution in [2.75, 3.05) is 0 Å². The van der Waals surface area contributed by atoms with Gasteiger partial charge in [0.25, 0.3) is 0 Å². The highest BCUT2D eigenvalue weighted by atomic mass is 35.5. The Labute approximate surface area is 108 Å². The van der Waals surface area contributed by atoms with Crippen LogP contribution >= 0.6 is 22.9 Å². The Kier molecular flexibility index (Phi) is 4.15. The van der Waals surface area contributed by atoms with Gasteiger partial charge < -0.3 is 5.11 Å². The van der Waals surface area contributed by atoms with Crippen LogP contribution in [-0.2, 0) is 12.8 Å². The molecule has 1 aromatic carbocycles. The molecule has 2 rings (SSSR count). The predicted molar refractivity (Wildman–Crippen MR) is 69.1 cm³/mol. The molecule has 2 aromatic rings. The summed E-state index contributed by atoms with van der Waals surface area (Å²) in [6.45, 7) is 0. The largest absolute Gasteiger partial charge is 0.392 e. The van der Waals surface area contributed by atoms with E-state index in [1.165, 1.54) is 12.1 Å². The first-order valence-electron chi connectivity index (χ1n) is 5.29. The molecule has 0 radical (unpaired) electrons. The van der Waals surface area contributed by atoms with Gasteiger partial charge in [-0.1, -0.05) is 17.7 Å². The number of halogens is 2. The monoisotopic (exact) mass is 270 g/mol. The molecule has 4 heteroatoms. The lowest BCUT2D eigenvalue weighted by molar-refractivity contribution is 0.175. The van der Waals surface area contributed by atoms with Crippen molar-refractivity contribution >= 4 is 22.9 Å². The van der Waals surface area contributed by atoms with E-state index >= 15 is 0 Å². The summed E-state index contributed by atoms with van der Waals surface area (Å²) in [7, 11) is 0. The smallest absolute Gasteiger partial charge is 0.126 e. The molecule has 0 fully saturated rings. The summed E-state index contributed by atoms with van der Waals surface area (Å²) in [6, 6.07) is 8.30. The molecule has 1 unspecified atom stereocenters. The van der Waals surface area contributed by atoms with Crippen molar-refractivity contribution in [3.63, 3.8) is 0 Å². The van der Waals surface area contributed by atoms with Gasteiger partial charge in [0.2, 0.25) is 0 Å². The van der Waals surface area contributed by atoms with Crippen molar-refractivity contribution in [3.05, 3.63) is 57.0 Å². The number of benzene rings is 1. The SMILES string of the molecule is OC(Cc1cccs1)Cc1cc(Cl)ccc1F. The summed E-state index contributed by atoms with van der Waals surface area (Å²) in [5, 5.41) is 12.3. The zero-order chi connectivity index (χ0) is 12.3. The molecule has 0 saturated heterocycles. The van der Waals surface area contributed by atoms with Gasteiger partial charge in [0.05, 0.1) is 6.10 Å². The number of hydrogen-bond acceptors (Lipinski definition) is 2. The molecular formula is C13H12ClFOS. The van der Waals surface area contributed by atoms with E-state index in [-0.39, 0.29) is 12.2 Å². The highest BCUT2D eigenvalue weighted by molar-refractivity contribution is 7.09. The lowest BCUT2D eigenvalue weighted by Crippen LogP contribution is -2.14. The normalized spacial score (nSPS) is 12.6. The summed E-state index contributed by atoms with van der Waals surface area (Å²) < 4.78 is 13.4. The van der Waals surface area contributed by atoms with Crippen molar-refractivity contribution in [2.45, 2.75) is 18.9 Å². The second-order valence-electron chi connectivity index (χ2n) is 3.88. The van der Waals surface area contributed by atoms with Gasteiger partial charge in [0, 0.05) is 22.7 Å². The molecule has 0 bridgehead atoms. The van der Waals surface area contributed by atoms with Crippen LogP contribution in [0.5, 0.6) is 0 Å². The maximum absolute atomic E-state index is 13.4. The highest BCUT2D eigenvalue weighted by Gasteiger charge is 2.11. The topological polar surface area (TPSA) is 20.2 Å². The molecular weight excluding hydrogens is 259 g/mol. The van der Waals surface area contributed by atoms with Crippen molar-refractivity contribution in [1.29, 1.82) is 0 Å². The zero-order valence-corrected chi connectivity index (χ0v) is 10.6. The molecule has 0 aliphatic heterocycles. The third kappa shape index (κ3) is 3.53. The molecule has 17 heavy (non-hydrogen) atoms. The Hall–Kier alpha value is -0.900. The standard InChI is InChI=1S/C13H12ClFOS/c14-10-3-4-13(15)9(6-10)7-11(16)8-12-2-1-5-17-12/h1-6,11,16H,7-8H2. The fourth-order valence-electron chi connectivity index (χ4n) is 1.69. The Balaban J connectivity index is 2.02. The Morgan fingerprint density at radius 1 is 1.29 bits per heavy atom.